The van der Waals surface area contributed by atoms with Crippen LogP contribution in [0.25, 0.3) is 11.1 Å². The van der Waals surface area contributed by atoms with Gasteiger partial charge in [-0.05, 0) is 65.2 Å². The lowest BCUT2D eigenvalue weighted by Gasteiger charge is -2.24. The van der Waals surface area contributed by atoms with Gasteiger partial charge in [-0.2, -0.15) is 0 Å². The summed E-state index contributed by atoms with van der Waals surface area (Å²) >= 11 is 0. The summed E-state index contributed by atoms with van der Waals surface area (Å²) in [5.74, 6) is 0.897. The van der Waals surface area contributed by atoms with E-state index in [-0.39, 0.29) is 18.4 Å². The van der Waals surface area contributed by atoms with Crippen LogP contribution >= 0.6 is 0 Å². The van der Waals surface area contributed by atoms with Crippen LogP contribution in [0, 0.1) is 23.7 Å². The third kappa shape index (κ3) is 3.87. The molecule has 182 valence electrons. The lowest BCUT2D eigenvalue weighted by atomic mass is 9.82. The maximum atomic E-state index is 13.3. The molecular formula is C28H30N2O5. The smallest absolute Gasteiger partial charge is 0.407 e. The predicted molar refractivity (Wildman–Crippen MR) is 129 cm³/mol. The van der Waals surface area contributed by atoms with Gasteiger partial charge in [0.05, 0.1) is 6.42 Å². The molecule has 1 heterocycles. The molecule has 2 aromatic carbocycles. The summed E-state index contributed by atoms with van der Waals surface area (Å²) in [5, 5.41) is 12.0. The van der Waals surface area contributed by atoms with E-state index >= 15 is 0 Å². The van der Waals surface area contributed by atoms with Crippen LogP contribution in [-0.4, -0.2) is 53.7 Å². The third-order valence-electron chi connectivity index (χ3n) is 8.76. The number of carbonyl (C=O) groups excluding carboxylic acids is 2. The molecule has 2 saturated carbocycles. The highest BCUT2D eigenvalue weighted by atomic mass is 16.5. The van der Waals surface area contributed by atoms with Gasteiger partial charge in [0.1, 0.15) is 12.6 Å². The van der Waals surface area contributed by atoms with E-state index in [2.05, 4.69) is 17.4 Å². The topological polar surface area (TPSA) is 95.9 Å². The van der Waals surface area contributed by atoms with E-state index in [1.807, 2.05) is 36.4 Å². The van der Waals surface area contributed by atoms with E-state index in [1.165, 1.54) is 19.3 Å². The number of hydrogen-bond acceptors (Lipinski definition) is 4. The van der Waals surface area contributed by atoms with E-state index in [9.17, 15) is 19.5 Å². The van der Waals surface area contributed by atoms with Gasteiger partial charge in [-0.25, -0.2) is 4.79 Å². The SMILES string of the molecule is O=C(O)CC(NC(=O)OCC1c2ccccc2-c2ccccc21)C(=O)N1CC2C3CCC(C3)C2C1. The Balaban J connectivity index is 1.12. The van der Waals surface area contributed by atoms with Gasteiger partial charge in [-0.15, -0.1) is 0 Å². The highest BCUT2D eigenvalue weighted by Crippen LogP contribution is 2.55. The molecule has 0 radical (unpaired) electrons. The largest absolute Gasteiger partial charge is 0.481 e. The first kappa shape index (κ1) is 22.1. The Hall–Kier alpha value is -3.35. The first-order valence-electron chi connectivity index (χ1n) is 12.6. The highest BCUT2D eigenvalue weighted by Gasteiger charge is 2.52. The first-order chi connectivity index (χ1) is 17.0. The quantitative estimate of drug-likeness (QED) is 0.663. The number of fused-ring (bicyclic) bond motifs is 8. The number of carbonyl (C=O) groups is 3. The summed E-state index contributed by atoms with van der Waals surface area (Å²) in [6.45, 7) is 1.46. The van der Waals surface area contributed by atoms with Crippen molar-refractivity contribution in [3.63, 3.8) is 0 Å². The van der Waals surface area contributed by atoms with Crippen LogP contribution in [-0.2, 0) is 14.3 Å². The van der Waals surface area contributed by atoms with Crippen molar-refractivity contribution in [2.24, 2.45) is 23.7 Å². The summed E-state index contributed by atoms with van der Waals surface area (Å²) < 4.78 is 5.57. The normalized spacial score (nSPS) is 26.7. The summed E-state index contributed by atoms with van der Waals surface area (Å²) in [6, 6.07) is 15.0. The molecule has 6 rings (SSSR count). The van der Waals surface area contributed by atoms with Crippen molar-refractivity contribution < 1.29 is 24.2 Å². The van der Waals surface area contributed by atoms with Crippen molar-refractivity contribution >= 4 is 18.0 Å². The summed E-state index contributed by atoms with van der Waals surface area (Å²) in [5.41, 5.74) is 4.45. The van der Waals surface area contributed by atoms with Crippen molar-refractivity contribution in [3.8, 4) is 11.1 Å². The number of amides is 2. The molecule has 35 heavy (non-hydrogen) atoms. The van der Waals surface area contributed by atoms with E-state index in [0.29, 0.717) is 36.8 Å². The number of rotatable bonds is 6. The minimum atomic E-state index is -1.13. The van der Waals surface area contributed by atoms with Gasteiger partial charge in [-0.1, -0.05) is 48.5 Å². The molecule has 3 fully saturated rings. The number of likely N-dealkylation sites (tertiary alicyclic amines) is 1. The van der Waals surface area contributed by atoms with Gasteiger partial charge in [0, 0.05) is 19.0 Å². The van der Waals surface area contributed by atoms with Crippen LogP contribution in [0.5, 0.6) is 0 Å². The molecule has 7 heteroatoms. The van der Waals surface area contributed by atoms with Crippen LogP contribution in [0.2, 0.25) is 0 Å². The molecule has 3 aliphatic carbocycles. The van der Waals surface area contributed by atoms with E-state index in [0.717, 1.165) is 22.3 Å². The lowest BCUT2D eigenvalue weighted by molar-refractivity contribution is -0.142. The molecule has 5 atom stereocenters. The number of hydrogen-bond donors (Lipinski definition) is 2. The molecule has 2 aromatic rings. The van der Waals surface area contributed by atoms with Gasteiger partial charge >= 0.3 is 12.1 Å². The predicted octanol–water partition coefficient (Wildman–Crippen LogP) is 3.87. The Morgan fingerprint density at radius 1 is 0.943 bits per heavy atom. The number of nitrogens with one attached hydrogen (secondary N) is 1. The minimum absolute atomic E-state index is 0.102. The van der Waals surface area contributed by atoms with Gasteiger partial charge < -0.3 is 20.1 Å². The second kappa shape index (κ2) is 8.70. The number of aliphatic carboxylic acids is 1. The molecule has 2 amide bonds. The third-order valence-corrected chi connectivity index (χ3v) is 8.76. The second-order valence-electron chi connectivity index (χ2n) is 10.5. The van der Waals surface area contributed by atoms with E-state index < -0.39 is 24.5 Å². The van der Waals surface area contributed by atoms with Crippen molar-refractivity contribution in [1.82, 2.24) is 10.2 Å². The number of nitrogens with zero attached hydrogens (tertiary/aromatic N) is 1. The van der Waals surface area contributed by atoms with Gasteiger partial charge in [0.25, 0.3) is 0 Å². The monoisotopic (exact) mass is 474 g/mol. The van der Waals surface area contributed by atoms with Crippen molar-refractivity contribution in [1.29, 1.82) is 0 Å². The van der Waals surface area contributed by atoms with E-state index in [4.69, 9.17) is 4.74 Å². The molecule has 7 nitrogen and oxygen atoms in total. The minimum Gasteiger partial charge on any atom is -0.481 e. The average molecular weight is 475 g/mol. The molecular weight excluding hydrogens is 444 g/mol. The fraction of sp³-hybridized carbons (Fsp3) is 0.464. The molecule has 2 N–H and O–H groups in total. The Labute approximate surface area is 204 Å². The van der Waals surface area contributed by atoms with Gasteiger partial charge in [-0.3, -0.25) is 9.59 Å². The maximum Gasteiger partial charge on any atom is 0.407 e. The summed E-state index contributed by atoms with van der Waals surface area (Å²) in [7, 11) is 0. The highest BCUT2D eigenvalue weighted by molar-refractivity contribution is 5.89. The zero-order valence-corrected chi connectivity index (χ0v) is 19.6. The van der Waals surface area contributed by atoms with Crippen molar-refractivity contribution in [3.05, 3.63) is 59.7 Å². The Morgan fingerprint density at radius 3 is 2.09 bits per heavy atom. The van der Waals surface area contributed by atoms with E-state index in [1.54, 1.807) is 4.90 Å². The van der Waals surface area contributed by atoms with Crippen molar-refractivity contribution in [2.75, 3.05) is 19.7 Å². The van der Waals surface area contributed by atoms with Crippen LogP contribution in [0.15, 0.2) is 48.5 Å². The second-order valence-corrected chi connectivity index (χ2v) is 10.5. The molecule has 4 aliphatic rings. The fourth-order valence-corrected chi connectivity index (χ4v) is 7.24. The zero-order chi connectivity index (χ0) is 24.1. The molecule has 1 aliphatic heterocycles. The van der Waals surface area contributed by atoms with Crippen LogP contribution in [0.4, 0.5) is 4.79 Å². The standard InChI is InChI=1S/C28H30N2O5/c31-26(32)12-25(27(33)30-13-22-16-9-10-17(11-16)23(22)14-30)29-28(34)35-15-24-20-7-3-1-5-18(20)19-6-2-4-8-21(19)24/h1-8,16-17,22-25H,9-15H2,(H,29,34)(H,31,32). The molecule has 0 spiro atoms. The number of alkyl carbamates (subject to hydrolysis) is 1. The Kier molecular flexibility index (Phi) is 5.50. The van der Waals surface area contributed by atoms with Gasteiger partial charge in [0.15, 0.2) is 0 Å². The molecule has 5 unspecified atom stereocenters. The van der Waals surface area contributed by atoms with Crippen LogP contribution < -0.4 is 5.32 Å². The molecule has 1 saturated heterocycles. The van der Waals surface area contributed by atoms with Gasteiger partial charge in [0.2, 0.25) is 5.91 Å². The van der Waals surface area contributed by atoms with Crippen LogP contribution in [0.3, 0.4) is 0 Å². The molecule has 2 bridgehead atoms. The fourth-order valence-electron chi connectivity index (χ4n) is 7.24. The first-order valence-corrected chi connectivity index (χ1v) is 12.6. The number of carboxylic acids is 1. The Morgan fingerprint density at radius 2 is 1.51 bits per heavy atom. The Bertz CT molecular complexity index is 1120. The lowest BCUT2D eigenvalue weighted by Crippen LogP contribution is -2.49. The maximum absolute atomic E-state index is 13.3. The van der Waals surface area contributed by atoms with Crippen LogP contribution in [0.1, 0.15) is 42.7 Å². The van der Waals surface area contributed by atoms with Crippen molar-refractivity contribution in [2.45, 2.75) is 37.6 Å². The number of carboxylic acid groups (broad SMARTS) is 1. The number of ether oxygens (including phenoxy) is 1. The average Bonchev–Trinajstić information content (AvgIpc) is 3.62. The number of benzene rings is 2. The molecule has 0 aromatic heterocycles. The summed E-state index contributed by atoms with van der Waals surface area (Å²) in [4.78, 5) is 39.3. The zero-order valence-electron chi connectivity index (χ0n) is 19.6. The summed E-state index contributed by atoms with van der Waals surface area (Å²) in [6.07, 6.45) is 2.54.